The Kier molecular flexibility index (Phi) is 14.2. The monoisotopic (exact) mass is 981 g/mol. The van der Waals surface area contributed by atoms with Crippen molar-refractivity contribution in [2.24, 2.45) is 17.3 Å². The minimum absolute atomic E-state index is 0. The molecule has 0 bridgehead atoms. The number of benzene rings is 3. The van der Waals surface area contributed by atoms with Gasteiger partial charge in [-0.05, 0) is 94.9 Å². The molecule has 0 saturated heterocycles. The number of fused-ring (bicyclic) bond motifs is 2. The predicted molar refractivity (Wildman–Crippen MR) is 246 cm³/mol. The van der Waals surface area contributed by atoms with E-state index in [1.165, 1.54) is 13.9 Å². The van der Waals surface area contributed by atoms with Crippen LogP contribution in [-0.2, 0) is 43.6 Å². The summed E-state index contributed by atoms with van der Waals surface area (Å²) in [6, 6.07) is 21.2. The van der Waals surface area contributed by atoms with Crippen LogP contribution in [0.1, 0.15) is 39.1 Å². The van der Waals surface area contributed by atoms with E-state index >= 15 is 0 Å². The normalized spacial score (nSPS) is 15.5. The van der Waals surface area contributed by atoms with Crippen LogP contribution >= 0.6 is 47.0 Å². The molecule has 0 fully saturated rings. The molecule has 0 spiro atoms. The summed E-state index contributed by atoms with van der Waals surface area (Å²) in [5.74, 6) is 0.302. The maximum atomic E-state index is 13.3. The molecular formula is C42H45Cl3CuN12O4S. The van der Waals surface area contributed by atoms with E-state index in [0.29, 0.717) is 63.0 Å². The van der Waals surface area contributed by atoms with E-state index in [1.54, 1.807) is 52.6 Å². The molecule has 0 aliphatic carbocycles. The number of halogens is 3. The number of hydrogen-bond acceptors (Lipinski definition) is 12. The molecule has 2 atom stereocenters. The van der Waals surface area contributed by atoms with Crippen molar-refractivity contribution in [3.8, 4) is 23.1 Å². The van der Waals surface area contributed by atoms with Crippen LogP contribution in [0.2, 0.25) is 15.1 Å². The van der Waals surface area contributed by atoms with Crippen LogP contribution in [0.3, 0.4) is 0 Å². The molecule has 3 aromatic carbocycles. The van der Waals surface area contributed by atoms with Gasteiger partial charge in [-0.15, -0.1) is 5.11 Å². The Hall–Kier alpha value is -5.49. The predicted octanol–water partition coefficient (Wildman–Crippen LogP) is 8.62. The van der Waals surface area contributed by atoms with E-state index in [-0.39, 0.29) is 44.8 Å². The van der Waals surface area contributed by atoms with Crippen LogP contribution in [0, 0.1) is 11.7 Å². The van der Waals surface area contributed by atoms with Gasteiger partial charge in [0.05, 0.1) is 39.2 Å². The Morgan fingerprint density at radius 1 is 0.825 bits per heavy atom. The summed E-state index contributed by atoms with van der Waals surface area (Å²) in [4.78, 5) is 25.4. The molecule has 4 N–H and O–H groups in total. The molecule has 335 valence electrons. The first-order valence-electron chi connectivity index (χ1n) is 19.7. The number of anilines is 3. The van der Waals surface area contributed by atoms with Gasteiger partial charge in [-0.25, -0.2) is 4.68 Å². The number of azo groups is 1. The van der Waals surface area contributed by atoms with Crippen LogP contribution in [0.15, 0.2) is 104 Å². The third kappa shape index (κ3) is 8.50. The number of nitrogens with zero attached hydrogens (tertiary/aromatic N) is 10. The van der Waals surface area contributed by atoms with Crippen molar-refractivity contribution in [1.29, 1.82) is 0 Å². The second-order valence-electron chi connectivity index (χ2n) is 14.3. The second-order valence-corrected chi connectivity index (χ2v) is 15.9. The first kappa shape index (κ1) is 47.0. The summed E-state index contributed by atoms with van der Waals surface area (Å²) in [5, 5.41) is 19.4. The zero-order chi connectivity index (χ0) is 44.7. The fourth-order valence-corrected chi connectivity index (χ4v) is 8.49. The van der Waals surface area contributed by atoms with Gasteiger partial charge in [0.1, 0.15) is 11.4 Å². The third-order valence-corrected chi connectivity index (χ3v) is 11.9. The van der Waals surface area contributed by atoms with Gasteiger partial charge in [0.2, 0.25) is 11.8 Å². The number of nitrogen functional groups attached to an aromatic ring is 2. The quantitative estimate of drug-likeness (QED) is 0.111. The number of hydrazine groups is 1. The fraction of sp³-hybridized carbons (Fsp3) is 0.286. The number of hydrogen-bond donors (Lipinski definition) is 2. The average Bonchev–Trinajstić information content (AvgIpc) is 3.77. The Balaban J connectivity index is 0.000000308. The van der Waals surface area contributed by atoms with Crippen LogP contribution in [0.4, 0.5) is 22.7 Å². The molecule has 2 aliphatic heterocycles. The van der Waals surface area contributed by atoms with E-state index in [4.69, 9.17) is 78.2 Å². The molecule has 63 heavy (non-hydrogen) atoms. The first-order chi connectivity index (χ1) is 29.6. The summed E-state index contributed by atoms with van der Waals surface area (Å²) in [6.45, 7) is 10.2. The molecule has 6 aromatic rings. The summed E-state index contributed by atoms with van der Waals surface area (Å²) in [7, 11) is 3.74. The number of aromatic nitrogens is 6. The van der Waals surface area contributed by atoms with Crippen molar-refractivity contribution in [2.45, 2.75) is 66.5 Å². The average molecular weight is 984 g/mol. The maximum absolute atomic E-state index is 13.3. The minimum atomic E-state index is -1.16. The number of nitrogens with two attached hydrogens (primary N) is 2. The number of allylic oxidation sites excluding steroid dienone is 1. The molecule has 2 aliphatic rings. The van der Waals surface area contributed by atoms with Crippen molar-refractivity contribution in [3.05, 3.63) is 136 Å². The SMILES string of the molecule is CCc1c(N)c(=O)n(-c2cccc(Cl)c2)n1C.CCn1c(OC2Oc3c(c(C)nn3-c3cc(Cl)ccc3Cl)N=NC3=C(C)N(C)N(c4ccccc4)[C@H]32)c(N)c(=O)n(CC)c1=S.[Cu]. The molecule has 1 radical (unpaired) electrons. The van der Waals surface area contributed by atoms with Gasteiger partial charge in [0.25, 0.3) is 17.4 Å². The summed E-state index contributed by atoms with van der Waals surface area (Å²) in [5.41, 5.74) is 17.0. The Labute approximate surface area is 393 Å². The largest absolute Gasteiger partial charge is 0.434 e. The molecule has 16 nitrogen and oxygen atoms in total. The van der Waals surface area contributed by atoms with Crippen molar-refractivity contribution in [2.75, 3.05) is 23.5 Å². The van der Waals surface area contributed by atoms with E-state index < -0.39 is 17.9 Å². The van der Waals surface area contributed by atoms with Gasteiger partial charge in [-0.3, -0.25) is 33.4 Å². The Morgan fingerprint density at radius 2 is 1.49 bits per heavy atom. The van der Waals surface area contributed by atoms with E-state index in [0.717, 1.165) is 22.8 Å². The van der Waals surface area contributed by atoms with E-state index in [9.17, 15) is 9.59 Å². The molecule has 0 saturated carbocycles. The molecule has 8 rings (SSSR count). The van der Waals surface area contributed by atoms with Gasteiger partial charge < -0.3 is 20.9 Å². The molecule has 5 heterocycles. The van der Waals surface area contributed by atoms with Gasteiger partial charge in [-0.1, -0.05) is 66.0 Å². The summed E-state index contributed by atoms with van der Waals surface area (Å²) < 4.78 is 21.7. The standard InChI is InChI=1S/C30H31Cl2N9O3S.C12H14ClN3O.Cu/c1-6-38-26(42)22(33)27(39(7-2)30(38)45)43-29-25-24(17(4)37(5)41(25)19-11-9-8-10-12-19)35-34-23-16(3)36-40(28(23)44-29)21-15-18(31)13-14-20(21)32;1-3-10-11(14)12(17)16(15(10)2)9-6-4-5-8(13)7-9;/h8-15,25,29H,6-7,33H2,1-5H3;4-7H,3,14H2,1-2H3;/t25-,29?;;/m1../s1. The summed E-state index contributed by atoms with van der Waals surface area (Å²) >= 11 is 24.6. The van der Waals surface area contributed by atoms with E-state index in [2.05, 4.69) is 5.11 Å². The van der Waals surface area contributed by atoms with Crippen molar-refractivity contribution >= 4 is 69.8 Å². The zero-order valence-corrected chi connectivity index (χ0v) is 39.3. The van der Waals surface area contributed by atoms with Crippen LogP contribution in [0.25, 0.3) is 11.4 Å². The molecule has 3 aromatic heterocycles. The van der Waals surface area contributed by atoms with Crippen molar-refractivity contribution < 1.29 is 26.5 Å². The number of ether oxygens (including phenoxy) is 2. The Morgan fingerprint density at radius 3 is 2.13 bits per heavy atom. The molecular weight excluding hydrogens is 939 g/mol. The van der Waals surface area contributed by atoms with Gasteiger partial charge >= 0.3 is 0 Å². The fourth-order valence-electron chi connectivity index (χ4n) is 7.51. The van der Waals surface area contributed by atoms with Gasteiger partial charge in [0, 0.05) is 54.3 Å². The van der Waals surface area contributed by atoms with Gasteiger partial charge in [-0.2, -0.15) is 14.9 Å². The second kappa shape index (κ2) is 19.1. The number of rotatable bonds is 8. The topological polar surface area (TPSA) is 173 Å². The maximum Gasteiger partial charge on any atom is 0.294 e. The van der Waals surface area contributed by atoms with Gasteiger partial charge in [0.15, 0.2) is 22.2 Å². The van der Waals surface area contributed by atoms with Crippen molar-refractivity contribution in [3.63, 3.8) is 0 Å². The Bertz CT molecular complexity index is 2940. The molecule has 1 unspecified atom stereocenters. The van der Waals surface area contributed by atoms with E-state index in [1.807, 2.05) is 88.2 Å². The molecule has 0 amide bonds. The van der Waals surface area contributed by atoms with Crippen LogP contribution in [0.5, 0.6) is 11.8 Å². The first-order valence-corrected chi connectivity index (χ1v) is 21.2. The summed E-state index contributed by atoms with van der Waals surface area (Å²) in [6.07, 6.45) is -0.442. The number of para-hydroxylation sites is 1. The molecule has 21 heteroatoms. The van der Waals surface area contributed by atoms with Crippen molar-refractivity contribution in [1.82, 2.24) is 33.3 Å². The smallest absolute Gasteiger partial charge is 0.294 e. The zero-order valence-electron chi connectivity index (χ0n) is 35.3. The van der Waals surface area contributed by atoms with Crippen LogP contribution < -0.4 is 37.1 Å². The minimum Gasteiger partial charge on any atom is -0.434 e. The third-order valence-electron chi connectivity index (χ3n) is 10.7. The number of aryl methyl sites for hydroxylation is 1. The van der Waals surface area contributed by atoms with Crippen LogP contribution in [-0.4, -0.2) is 52.7 Å².